The van der Waals surface area contributed by atoms with E-state index in [2.05, 4.69) is 0 Å². The first-order valence-electron chi connectivity index (χ1n) is 4.04. The number of carbonyl (C=O) groups excluding carboxylic acids is 1. The Hall–Kier alpha value is -0.570. The standard InChI is InChI=1S/C8H15NO2/c1-6(5-10)9(2)8(11)7-3-4-7/h6-7,10H,3-5H2,1-2H3. The molecule has 1 aliphatic rings. The lowest BCUT2D eigenvalue weighted by molar-refractivity contribution is -0.133. The van der Waals surface area contributed by atoms with Crippen LogP contribution in [-0.2, 0) is 4.79 Å². The van der Waals surface area contributed by atoms with Gasteiger partial charge in [-0.3, -0.25) is 4.79 Å². The van der Waals surface area contributed by atoms with Gasteiger partial charge in [0.2, 0.25) is 5.91 Å². The van der Waals surface area contributed by atoms with Crippen LogP contribution in [0.2, 0.25) is 0 Å². The van der Waals surface area contributed by atoms with Gasteiger partial charge in [-0.2, -0.15) is 0 Å². The fraction of sp³-hybridized carbons (Fsp3) is 0.875. The molecule has 64 valence electrons. The SMILES string of the molecule is CC(CO)N(C)C(=O)C1CC1. The fourth-order valence-electron chi connectivity index (χ4n) is 0.958. The summed E-state index contributed by atoms with van der Waals surface area (Å²) in [6, 6.07) is -0.0388. The van der Waals surface area contributed by atoms with Crippen molar-refractivity contribution in [2.45, 2.75) is 25.8 Å². The van der Waals surface area contributed by atoms with E-state index < -0.39 is 0 Å². The second kappa shape index (κ2) is 3.22. The molecule has 1 unspecified atom stereocenters. The maximum absolute atomic E-state index is 11.3. The van der Waals surface area contributed by atoms with Gasteiger partial charge in [-0.25, -0.2) is 0 Å². The van der Waals surface area contributed by atoms with Crippen LogP contribution in [0.3, 0.4) is 0 Å². The zero-order chi connectivity index (χ0) is 8.43. The largest absolute Gasteiger partial charge is 0.394 e. The number of amides is 1. The van der Waals surface area contributed by atoms with Crippen molar-refractivity contribution in [3.63, 3.8) is 0 Å². The Kier molecular flexibility index (Phi) is 2.49. The summed E-state index contributed by atoms with van der Waals surface area (Å²) in [6.07, 6.45) is 2.06. The Bertz CT molecular complexity index is 154. The van der Waals surface area contributed by atoms with Crippen molar-refractivity contribution in [3.05, 3.63) is 0 Å². The Morgan fingerprint density at radius 1 is 1.73 bits per heavy atom. The number of aliphatic hydroxyl groups excluding tert-OH is 1. The summed E-state index contributed by atoms with van der Waals surface area (Å²) in [4.78, 5) is 13.0. The predicted molar refractivity (Wildman–Crippen MR) is 42.0 cm³/mol. The van der Waals surface area contributed by atoms with Gasteiger partial charge in [0, 0.05) is 13.0 Å². The molecule has 1 atom stereocenters. The van der Waals surface area contributed by atoms with E-state index in [4.69, 9.17) is 5.11 Å². The zero-order valence-corrected chi connectivity index (χ0v) is 7.08. The third-order valence-corrected chi connectivity index (χ3v) is 2.20. The van der Waals surface area contributed by atoms with Gasteiger partial charge in [-0.05, 0) is 19.8 Å². The maximum atomic E-state index is 11.3. The molecule has 3 heteroatoms. The molecule has 3 nitrogen and oxygen atoms in total. The Morgan fingerprint density at radius 2 is 2.27 bits per heavy atom. The topological polar surface area (TPSA) is 40.5 Å². The number of rotatable bonds is 3. The van der Waals surface area contributed by atoms with Gasteiger partial charge in [-0.1, -0.05) is 0 Å². The van der Waals surface area contributed by atoms with Gasteiger partial charge in [0.15, 0.2) is 0 Å². The lowest BCUT2D eigenvalue weighted by Crippen LogP contribution is -2.38. The average Bonchev–Trinajstić information content (AvgIpc) is 2.82. The molecule has 0 radical (unpaired) electrons. The van der Waals surface area contributed by atoms with E-state index in [1.165, 1.54) is 0 Å². The van der Waals surface area contributed by atoms with Crippen molar-refractivity contribution >= 4 is 5.91 Å². The van der Waals surface area contributed by atoms with Gasteiger partial charge < -0.3 is 10.0 Å². The molecule has 11 heavy (non-hydrogen) atoms. The van der Waals surface area contributed by atoms with Gasteiger partial charge in [0.1, 0.15) is 0 Å². The molecule has 0 spiro atoms. The molecule has 0 aromatic heterocycles. The molecule has 0 heterocycles. The van der Waals surface area contributed by atoms with Crippen molar-refractivity contribution in [2.24, 2.45) is 5.92 Å². The van der Waals surface area contributed by atoms with Crippen LogP contribution < -0.4 is 0 Å². The van der Waals surface area contributed by atoms with Crippen molar-refractivity contribution in [1.29, 1.82) is 0 Å². The van der Waals surface area contributed by atoms with E-state index in [-0.39, 0.29) is 24.5 Å². The summed E-state index contributed by atoms with van der Waals surface area (Å²) >= 11 is 0. The first-order chi connectivity index (χ1) is 5.16. The normalized spacial score (nSPS) is 19.5. The number of aliphatic hydroxyl groups is 1. The molecule has 1 saturated carbocycles. The van der Waals surface area contributed by atoms with Gasteiger partial charge >= 0.3 is 0 Å². The molecule has 1 amide bonds. The third kappa shape index (κ3) is 1.93. The van der Waals surface area contributed by atoms with Gasteiger partial charge in [0.05, 0.1) is 12.6 Å². The quantitative estimate of drug-likeness (QED) is 0.637. The van der Waals surface area contributed by atoms with Crippen LogP contribution in [0.15, 0.2) is 0 Å². The zero-order valence-electron chi connectivity index (χ0n) is 7.08. The van der Waals surface area contributed by atoms with Crippen LogP contribution in [0, 0.1) is 5.92 Å². The second-order valence-corrected chi connectivity index (χ2v) is 3.26. The van der Waals surface area contributed by atoms with Crippen LogP contribution in [0.1, 0.15) is 19.8 Å². The number of nitrogens with zero attached hydrogens (tertiary/aromatic N) is 1. The van der Waals surface area contributed by atoms with Gasteiger partial charge in [0.25, 0.3) is 0 Å². The second-order valence-electron chi connectivity index (χ2n) is 3.26. The van der Waals surface area contributed by atoms with Crippen LogP contribution in [-0.4, -0.2) is 35.6 Å². The molecule has 1 fully saturated rings. The minimum Gasteiger partial charge on any atom is -0.394 e. The summed E-state index contributed by atoms with van der Waals surface area (Å²) in [5, 5.41) is 8.76. The van der Waals surface area contributed by atoms with Crippen molar-refractivity contribution in [3.8, 4) is 0 Å². The van der Waals surface area contributed by atoms with E-state index in [0.717, 1.165) is 12.8 Å². The highest BCUT2D eigenvalue weighted by Crippen LogP contribution is 2.30. The van der Waals surface area contributed by atoms with E-state index in [0.29, 0.717) is 0 Å². The van der Waals surface area contributed by atoms with Gasteiger partial charge in [-0.15, -0.1) is 0 Å². The molecule has 0 aromatic rings. The number of likely N-dealkylation sites (N-methyl/N-ethyl adjacent to an activating group) is 1. The van der Waals surface area contributed by atoms with Crippen molar-refractivity contribution < 1.29 is 9.90 Å². The van der Waals surface area contributed by atoms with E-state index in [9.17, 15) is 4.79 Å². The highest BCUT2D eigenvalue weighted by molar-refractivity contribution is 5.81. The minimum absolute atomic E-state index is 0.0388. The van der Waals surface area contributed by atoms with Crippen LogP contribution in [0.4, 0.5) is 0 Å². The molecule has 0 bridgehead atoms. The summed E-state index contributed by atoms with van der Waals surface area (Å²) in [7, 11) is 1.75. The van der Waals surface area contributed by atoms with Crippen molar-refractivity contribution in [2.75, 3.05) is 13.7 Å². The van der Waals surface area contributed by atoms with E-state index in [1.54, 1.807) is 11.9 Å². The lowest BCUT2D eigenvalue weighted by atomic mass is 10.3. The summed E-state index contributed by atoms with van der Waals surface area (Å²) in [6.45, 7) is 1.90. The summed E-state index contributed by atoms with van der Waals surface area (Å²) in [5.41, 5.74) is 0. The van der Waals surface area contributed by atoms with Crippen LogP contribution >= 0.6 is 0 Å². The first-order valence-corrected chi connectivity index (χ1v) is 4.04. The highest BCUT2D eigenvalue weighted by Gasteiger charge is 2.33. The van der Waals surface area contributed by atoms with E-state index >= 15 is 0 Å². The average molecular weight is 157 g/mol. The summed E-state index contributed by atoms with van der Waals surface area (Å²) < 4.78 is 0. The Balaban J connectivity index is 2.38. The predicted octanol–water partition coefficient (Wildman–Crippen LogP) is 0.236. The minimum atomic E-state index is -0.0388. The number of carbonyl (C=O) groups is 1. The third-order valence-electron chi connectivity index (χ3n) is 2.20. The van der Waals surface area contributed by atoms with E-state index in [1.807, 2.05) is 6.92 Å². The lowest BCUT2D eigenvalue weighted by Gasteiger charge is -2.22. The molecule has 1 rings (SSSR count). The Labute approximate surface area is 67.0 Å². The smallest absolute Gasteiger partial charge is 0.225 e. The maximum Gasteiger partial charge on any atom is 0.225 e. The Morgan fingerprint density at radius 3 is 2.64 bits per heavy atom. The molecule has 1 N–H and O–H groups in total. The van der Waals surface area contributed by atoms with Crippen LogP contribution in [0.25, 0.3) is 0 Å². The van der Waals surface area contributed by atoms with Crippen molar-refractivity contribution in [1.82, 2.24) is 4.90 Å². The molecule has 1 aliphatic carbocycles. The highest BCUT2D eigenvalue weighted by atomic mass is 16.3. The molecule has 0 saturated heterocycles. The molecular weight excluding hydrogens is 142 g/mol. The fourth-order valence-corrected chi connectivity index (χ4v) is 0.958. The molecular formula is C8H15NO2. The first kappa shape index (κ1) is 8.53. The number of hydrogen-bond acceptors (Lipinski definition) is 2. The molecule has 0 aromatic carbocycles. The van der Waals surface area contributed by atoms with Crippen LogP contribution in [0.5, 0.6) is 0 Å². The number of hydrogen-bond donors (Lipinski definition) is 1. The summed E-state index contributed by atoms with van der Waals surface area (Å²) in [5.74, 6) is 0.445. The molecule has 0 aliphatic heterocycles. The monoisotopic (exact) mass is 157 g/mol.